The molecule has 2 amide bonds. The van der Waals surface area contributed by atoms with Gasteiger partial charge in [-0.2, -0.15) is 0 Å². The van der Waals surface area contributed by atoms with Gasteiger partial charge in [-0.05, 0) is 47.5 Å². The van der Waals surface area contributed by atoms with Crippen LogP contribution in [0.4, 0.5) is 11.4 Å². The van der Waals surface area contributed by atoms with Crippen molar-refractivity contribution in [1.82, 2.24) is 10.6 Å². The SMILES string of the molecule is O=C(COC(=O)/C=C/c1ccc([N+](=O)[O-])cc1)NCCNC(=O)COC(=O)/C=C/c1ccc([N+](=O)[O-])cc1. The van der Waals surface area contributed by atoms with E-state index in [9.17, 15) is 39.4 Å². The average Bonchev–Trinajstić information content (AvgIpc) is 2.91. The fourth-order valence-electron chi connectivity index (χ4n) is 2.62. The molecule has 2 rings (SSSR count). The van der Waals surface area contributed by atoms with Crippen molar-refractivity contribution in [3.05, 3.63) is 92.0 Å². The van der Waals surface area contributed by atoms with Gasteiger partial charge in [-0.3, -0.25) is 29.8 Å². The minimum atomic E-state index is -0.795. The average molecular weight is 526 g/mol. The maximum Gasteiger partial charge on any atom is 0.331 e. The summed E-state index contributed by atoms with van der Waals surface area (Å²) >= 11 is 0. The summed E-state index contributed by atoms with van der Waals surface area (Å²) in [6.45, 7) is -1.07. The van der Waals surface area contributed by atoms with Crippen molar-refractivity contribution in [2.45, 2.75) is 0 Å². The number of hydrogen-bond acceptors (Lipinski definition) is 10. The number of rotatable bonds is 13. The fraction of sp³-hybridized carbons (Fsp3) is 0.167. The smallest absolute Gasteiger partial charge is 0.331 e. The number of carbonyl (C=O) groups excluding carboxylic acids is 4. The molecule has 198 valence electrons. The van der Waals surface area contributed by atoms with Gasteiger partial charge in [0.25, 0.3) is 23.2 Å². The maximum absolute atomic E-state index is 11.7. The minimum Gasteiger partial charge on any atom is -0.452 e. The largest absolute Gasteiger partial charge is 0.452 e. The zero-order valence-electron chi connectivity index (χ0n) is 19.7. The normalized spacial score (nSPS) is 10.6. The zero-order valence-corrected chi connectivity index (χ0v) is 19.7. The van der Waals surface area contributed by atoms with Gasteiger partial charge in [-0.25, -0.2) is 9.59 Å². The lowest BCUT2D eigenvalue weighted by molar-refractivity contribution is -0.385. The summed E-state index contributed by atoms with van der Waals surface area (Å²) in [4.78, 5) is 66.9. The third kappa shape index (κ3) is 10.9. The van der Waals surface area contributed by atoms with Crippen molar-refractivity contribution in [3.8, 4) is 0 Å². The molecular weight excluding hydrogens is 504 g/mol. The molecule has 0 aliphatic heterocycles. The van der Waals surface area contributed by atoms with Crippen molar-refractivity contribution in [2.75, 3.05) is 26.3 Å². The number of nitrogens with one attached hydrogen (secondary N) is 2. The summed E-state index contributed by atoms with van der Waals surface area (Å²) in [6.07, 6.45) is 4.88. The Bertz CT molecular complexity index is 1140. The van der Waals surface area contributed by atoms with E-state index in [-0.39, 0.29) is 24.5 Å². The van der Waals surface area contributed by atoms with E-state index in [1.807, 2.05) is 0 Å². The van der Waals surface area contributed by atoms with Crippen LogP contribution in [0.25, 0.3) is 12.2 Å². The van der Waals surface area contributed by atoms with E-state index in [0.717, 1.165) is 12.2 Å². The first-order valence-electron chi connectivity index (χ1n) is 10.9. The van der Waals surface area contributed by atoms with Crippen LogP contribution in [0, 0.1) is 20.2 Å². The van der Waals surface area contributed by atoms with Crippen molar-refractivity contribution >= 4 is 47.3 Å². The van der Waals surface area contributed by atoms with Gasteiger partial charge in [0.1, 0.15) is 0 Å². The topological polar surface area (TPSA) is 197 Å². The second-order valence-electron chi connectivity index (χ2n) is 7.28. The van der Waals surface area contributed by atoms with Gasteiger partial charge in [-0.1, -0.05) is 0 Å². The van der Waals surface area contributed by atoms with E-state index in [1.54, 1.807) is 0 Å². The van der Waals surface area contributed by atoms with Crippen LogP contribution in [0.5, 0.6) is 0 Å². The number of nitro benzene ring substituents is 2. The molecule has 0 radical (unpaired) electrons. The molecule has 0 aromatic heterocycles. The summed E-state index contributed by atoms with van der Waals surface area (Å²) in [7, 11) is 0. The summed E-state index contributed by atoms with van der Waals surface area (Å²) in [5, 5.41) is 26.1. The highest BCUT2D eigenvalue weighted by molar-refractivity contribution is 5.90. The Labute approximate surface area is 215 Å². The molecule has 38 heavy (non-hydrogen) atoms. The predicted molar refractivity (Wildman–Crippen MR) is 132 cm³/mol. The van der Waals surface area contributed by atoms with Crippen molar-refractivity contribution in [2.24, 2.45) is 0 Å². The Morgan fingerprint density at radius 1 is 0.658 bits per heavy atom. The molecule has 14 nitrogen and oxygen atoms in total. The number of amides is 2. The number of nitro groups is 2. The van der Waals surface area contributed by atoms with Gasteiger partial charge < -0.3 is 20.1 Å². The maximum atomic E-state index is 11.7. The Morgan fingerprint density at radius 2 is 1.00 bits per heavy atom. The molecular formula is C24H22N4O10. The molecule has 2 N–H and O–H groups in total. The highest BCUT2D eigenvalue weighted by atomic mass is 16.6. The van der Waals surface area contributed by atoms with E-state index < -0.39 is 46.8 Å². The van der Waals surface area contributed by atoms with Crippen molar-refractivity contribution in [1.29, 1.82) is 0 Å². The van der Waals surface area contributed by atoms with Crippen LogP contribution in [0.15, 0.2) is 60.7 Å². The summed E-state index contributed by atoms with van der Waals surface area (Å²) in [5.74, 6) is -2.81. The summed E-state index contributed by atoms with van der Waals surface area (Å²) in [5.41, 5.74) is 0.873. The lowest BCUT2D eigenvalue weighted by atomic mass is 10.2. The van der Waals surface area contributed by atoms with Crippen LogP contribution in [0.1, 0.15) is 11.1 Å². The summed E-state index contributed by atoms with van der Waals surface area (Å²) < 4.78 is 9.55. The fourth-order valence-corrected chi connectivity index (χ4v) is 2.62. The van der Waals surface area contributed by atoms with E-state index in [2.05, 4.69) is 10.6 Å². The second kappa shape index (κ2) is 14.9. The van der Waals surface area contributed by atoms with Gasteiger partial charge in [0, 0.05) is 49.5 Å². The Kier molecular flexibility index (Phi) is 11.3. The number of non-ortho nitro benzene ring substituents is 2. The van der Waals surface area contributed by atoms with Gasteiger partial charge in [0.2, 0.25) is 0 Å². The van der Waals surface area contributed by atoms with Gasteiger partial charge in [0.15, 0.2) is 13.2 Å². The number of benzene rings is 2. The minimum absolute atomic E-state index is 0.0226. The number of ether oxygens (including phenoxy) is 2. The van der Waals surface area contributed by atoms with E-state index in [4.69, 9.17) is 9.47 Å². The molecule has 14 heteroatoms. The first kappa shape index (κ1) is 28.8. The third-order valence-electron chi connectivity index (χ3n) is 4.49. The van der Waals surface area contributed by atoms with E-state index in [1.165, 1.54) is 60.7 Å². The molecule has 0 heterocycles. The number of esters is 2. The molecule has 0 aliphatic carbocycles. The Balaban J connectivity index is 1.57. The lowest BCUT2D eigenvalue weighted by Gasteiger charge is -2.07. The Morgan fingerprint density at radius 3 is 1.32 bits per heavy atom. The van der Waals surface area contributed by atoms with Crippen molar-refractivity contribution < 1.29 is 38.5 Å². The number of nitrogens with zero attached hydrogens (tertiary/aromatic N) is 2. The molecule has 0 atom stereocenters. The van der Waals surface area contributed by atoms with Gasteiger partial charge >= 0.3 is 11.9 Å². The van der Waals surface area contributed by atoms with Crippen LogP contribution in [-0.4, -0.2) is 59.9 Å². The third-order valence-corrected chi connectivity index (χ3v) is 4.49. The van der Waals surface area contributed by atoms with Crippen LogP contribution in [0.3, 0.4) is 0 Å². The number of carbonyl (C=O) groups is 4. The van der Waals surface area contributed by atoms with Crippen LogP contribution < -0.4 is 10.6 Å². The highest BCUT2D eigenvalue weighted by Gasteiger charge is 2.08. The quantitative estimate of drug-likeness (QED) is 0.127. The first-order valence-corrected chi connectivity index (χ1v) is 10.9. The second-order valence-corrected chi connectivity index (χ2v) is 7.28. The van der Waals surface area contributed by atoms with Crippen LogP contribution in [-0.2, 0) is 28.7 Å². The van der Waals surface area contributed by atoms with Crippen LogP contribution in [0.2, 0.25) is 0 Å². The first-order chi connectivity index (χ1) is 18.1. The van der Waals surface area contributed by atoms with E-state index >= 15 is 0 Å². The molecule has 0 aliphatic rings. The predicted octanol–water partition coefficient (Wildman–Crippen LogP) is 1.55. The molecule has 0 saturated carbocycles. The number of hydrogen-bond donors (Lipinski definition) is 2. The van der Waals surface area contributed by atoms with Crippen molar-refractivity contribution in [3.63, 3.8) is 0 Å². The molecule has 0 spiro atoms. The molecule has 0 unspecified atom stereocenters. The Hall–Kier alpha value is -5.40. The molecule has 2 aromatic rings. The molecule has 2 aromatic carbocycles. The van der Waals surface area contributed by atoms with E-state index in [0.29, 0.717) is 11.1 Å². The summed E-state index contributed by atoms with van der Waals surface area (Å²) in [6, 6.07) is 10.9. The monoisotopic (exact) mass is 526 g/mol. The van der Waals surface area contributed by atoms with Gasteiger partial charge in [0.05, 0.1) is 9.85 Å². The standard InChI is InChI=1S/C24H22N4O10/c29-21(15-37-23(31)11-5-17-1-7-19(8-2-17)27(33)34)25-13-14-26-22(30)16-38-24(32)12-6-18-3-9-20(10-4-18)28(35)36/h1-12H,13-16H2,(H,25,29)(H,26,30)/b11-5+,12-6+. The lowest BCUT2D eigenvalue weighted by Crippen LogP contribution is -2.38. The zero-order chi connectivity index (χ0) is 27.9. The molecule has 0 saturated heterocycles. The highest BCUT2D eigenvalue weighted by Crippen LogP contribution is 2.13. The molecule has 0 bridgehead atoms. The molecule has 0 fully saturated rings. The van der Waals surface area contributed by atoms with Crippen LogP contribution >= 0.6 is 0 Å². The van der Waals surface area contributed by atoms with Gasteiger partial charge in [-0.15, -0.1) is 0 Å².